The predicted molar refractivity (Wildman–Crippen MR) is 112 cm³/mol. The zero-order valence-corrected chi connectivity index (χ0v) is 17.3. The van der Waals surface area contributed by atoms with Crippen LogP contribution in [0.25, 0.3) is 11.5 Å². The molecular weight excluding hydrogens is 426 g/mol. The van der Waals surface area contributed by atoms with Gasteiger partial charge in [0.1, 0.15) is 0 Å². The van der Waals surface area contributed by atoms with Gasteiger partial charge in [0.25, 0.3) is 5.89 Å². The smallest absolute Gasteiger partial charge is 0.324 e. The standard InChI is InChI=1S/C21H20F2N4O3S/c22-18(23)20-25-24-19(30-20)16-8-6-15(7-9-16)14-27(17-4-2-1-3-5-17)21(28)26-10-12-31(29)13-11-26/h1-9,18H,10-14H2. The van der Waals surface area contributed by atoms with Crippen LogP contribution in [0.3, 0.4) is 0 Å². The van der Waals surface area contributed by atoms with Crippen molar-refractivity contribution in [1.82, 2.24) is 15.1 Å². The molecule has 0 unspecified atom stereocenters. The van der Waals surface area contributed by atoms with Crippen molar-refractivity contribution in [2.45, 2.75) is 13.0 Å². The minimum Gasteiger partial charge on any atom is -0.415 e. The summed E-state index contributed by atoms with van der Waals surface area (Å²) in [6, 6.07) is 16.1. The third-order valence-electron chi connectivity index (χ3n) is 4.92. The molecular formula is C21H20F2N4O3S. The molecule has 1 aromatic heterocycles. The van der Waals surface area contributed by atoms with Crippen LogP contribution in [0.2, 0.25) is 0 Å². The van der Waals surface area contributed by atoms with E-state index in [4.69, 9.17) is 4.42 Å². The fourth-order valence-corrected chi connectivity index (χ4v) is 4.30. The number of carbonyl (C=O) groups is 1. The number of urea groups is 1. The second-order valence-corrected chi connectivity index (χ2v) is 8.68. The number of aromatic nitrogens is 2. The molecule has 0 radical (unpaired) electrons. The summed E-state index contributed by atoms with van der Waals surface area (Å²) >= 11 is 0. The number of carbonyl (C=O) groups excluding carboxylic acids is 1. The number of hydrogen-bond acceptors (Lipinski definition) is 5. The molecule has 4 rings (SSSR count). The number of anilines is 1. The molecule has 2 aromatic carbocycles. The number of alkyl halides is 2. The number of para-hydroxylation sites is 1. The van der Waals surface area contributed by atoms with Gasteiger partial charge in [0.15, 0.2) is 0 Å². The normalized spacial score (nSPS) is 14.7. The number of halogens is 2. The highest BCUT2D eigenvalue weighted by Gasteiger charge is 2.26. The monoisotopic (exact) mass is 446 g/mol. The van der Waals surface area contributed by atoms with Gasteiger partial charge in [0.05, 0.1) is 6.54 Å². The van der Waals surface area contributed by atoms with Crippen LogP contribution in [-0.4, -0.2) is 49.9 Å². The first kappa shape index (κ1) is 21.1. The summed E-state index contributed by atoms with van der Waals surface area (Å²) in [5.74, 6) is 0.253. The third kappa shape index (κ3) is 4.96. The van der Waals surface area contributed by atoms with E-state index in [2.05, 4.69) is 10.2 Å². The van der Waals surface area contributed by atoms with Gasteiger partial charge in [-0.05, 0) is 29.8 Å². The van der Waals surface area contributed by atoms with Crippen molar-refractivity contribution in [2.24, 2.45) is 0 Å². The van der Waals surface area contributed by atoms with E-state index in [0.29, 0.717) is 36.7 Å². The summed E-state index contributed by atoms with van der Waals surface area (Å²) < 4.78 is 42.0. The van der Waals surface area contributed by atoms with Crippen molar-refractivity contribution in [2.75, 3.05) is 29.5 Å². The van der Waals surface area contributed by atoms with Gasteiger partial charge in [-0.25, -0.2) is 4.79 Å². The van der Waals surface area contributed by atoms with Crippen LogP contribution in [0.1, 0.15) is 17.9 Å². The second kappa shape index (κ2) is 9.34. The summed E-state index contributed by atoms with van der Waals surface area (Å²) in [5.41, 5.74) is 2.11. The van der Waals surface area contributed by atoms with E-state index in [1.54, 1.807) is 34.1 Å². The highest BCUT2D eigenvalue weighted by molar-refractivity contribution is 7.85. The molecule has 0 saturated carbocycles. The van der Waals surface area contributed by atoms with E-state index in [1.807, 2.05) is 30.3 Å². The summed E-state index contributed by atoms with van der Waals surface area (Å²) in [4.78, 5) is 16.6. The lowest BCUT2D eigenvalue weighted by molar-refractivity contribution is 0.116. The molecule has 1 aliphatic rings. The highest BCUT2D eigenvalue weighted by Crippen LogP contribution is 2.25. The number of hydrogen-bond donors (Lipinski definition) is 0. The first-order chi connectivity index (χ1) is 15.0. The Kier molecular flexibility index (Phi) is 6.36. The van der Waals surface area contributed by atoms with E-state index >= 15 is 0 Å². The van der Waals surface area contributed by atoms with Gasteiger partial charge < -0.3 is 9.32 Å². The molecule has 10 heteroatoms. The lowest BCUT2D eigenvalue weighted by Gasteiger charge is -2.33. The predicted octanol–water partition coefficient (Wildman–Crippen LogP) is 3.87. The fraction of sp³-hybridized carbons (Fsp3) is 0.286. The minimum absolute atomic E-state index is 0.0131. The molecule has 1 aliphatic heterocycles. The van der Waals surface area contributed by atoms with Crippen LogP contribution in [0, 0.1) is 0 Å². The molecule has 2 amide bonds. The minimum atomic E-state index is -2.82. The van der Waals surface area contributed by atoms with Crippen molar-refractivity contribution < 1.29 is 22.2 Å². The van der Waals surface area contributed by atoms with E-state index in [-0.39, 0.29) is 11.9 Å². The second-order valence-electron chi connectivity index (χ2n) is 6.98. The van der Waals surface area contributed by atoms with Gasteiger partial charge in [-0.1, -0.05) is 30.3 Å². The molecule has 162 valence electrons. The molecule has 1 fully saturated rings. The van der Waals surface area contributed by atoms with E-state index < -0.39 is 23.1 Å². The summed E-state index contributed by atoms with van der Waals surface area (Å²) in [6.07, 6.45) is -2.82. The topological polar surface area (TPSA) is 79.5 Å². The highest BCUT2D eigenvalue weighted by atomic mass is 32.2. The van der Waals surface area contributed by atoms with Crippen molar-refractivity contribution in [3.63, 3.8) is 0 Å². The van der Waals surface area contributed by atoms with Crippen molar-refractivity contribution in [3.8, 4) is 11.5 Å². The summed E-state index contributed by atoms with van der Waals surface area (Å²) in [5, 5.41) is 6.98. The lowest BCUT2D eigenvalue weighted by atomic mass is 10.1. The maximum atomic E-state index is 13.2. The van der Waals surface area contributed by atoms with Gasteiger partial charge in [-0.3, -0.25) is 9.11 Å². The molecule has 0 N–H and O–H groups in total. The Bertz CT molecular complexity index is 1050. The quantitative estimate of drug-likeness (QED) is 0.595. The van der Waals surface area contributed by atoms with E-state index in [9.17, 15) is 17.8 Å². The van der Waals surface area contributed by atoms with Gasteiger partial charge in [0.2, 0.25) is 5.89 Å². The number of rotatable bonds is 5. The summed E-state index contributed by atoms with van der Waals surface area (Å²) in [6.45, 7) is 1.23. The van der Waals surface area contributed by atoms with Crippen LogP contribution in [0.4, 0.5) is 19.3 Å². The average Bonchev–Trinajstić information content (AvgIpc) is 3.29. The molecule has 0 bridgehead atoms. The average molecular weight is 446 g/mol. The molecule has 0 spiro atoms. The zero-order valence-electron chi connectivity index (χ0n) is 16.5. The molecule has 0 aliphatic carbocycles. The van der Waals surface area contributed by atoms with Gasteiger partial charge in [-0.2, -0.15) is 8.78 Å². The molecule has 2 heterocycles. The Morgan fingerprint density at radius 1 is 1.06 bits per heavy atom. The SMILES string of the molecule is O=C(N1CCS(=O)CC1)N(Cc1ccc(-c2nnc(C(F)F)o2)cc1)c1ccccc1. The Labute approximate surface area is 180 Å². The van der Waals surface area contributed by atoms with Crippen LogP contribution in [0.15, 0.2) is 59.0 Å². The Hall–Kier alpha value is -3.14. The molecule has 0 atom stereocenters. The van der Waals surface area contributed by atoms with Crippen LogP contribution < -0.4 is 4.90 Å². The lowest BCUT2D eigenvalue weighted by Crippen LogP contribution is -2.48. The first-order valence-corrected chi connectivity index (χ1v) is 11.2. The Balaban J connectivity index is 1.54. The molecule has 31 heavy (non-hydrogen) atoms. The Morgan fingerprint density at radius 2 is 1.74 bits per heavy atom. The van der Waals surface area contributed by atoms with Gasteiger partial charge in [0, 0.05) is 46.6 Å². The molecule has 7 nitrogen and oxygen atoms in total. The van der Waals surface area contributed by atoms with E-state index in [1.165, 1.54) is 0 Å². The Morgan fingerprint density at radius 3 is 2.35 bits per heavy atom. The molecule has 1 saturated heterocycles. The van der Waals surface area contributed by atoms with Crippen molar-refractivity contribution in [3.05, 3.63) is 66.1 Å². The number of benzene rings is 2. The van der Waals surface area contributed by atoms with Crippen molar-refractivity contribution >= 4 is 22.5 Å². The number of amides is 2. The largest absolute Gasteiger partial charge is 0.415 e. The summed E-state index contributed by atoms with van der Waals surface area (Å²) in [7, 11) is -0.875. The fourth-order valence-electron chi connectivity index (χ4n) is 3.25. The zero-order chi connectivity index (χ0) is 21.8. The first-order valence-electron chi connectivity index (χ1n) is 9.68. The number of nitrogens with zero attached hydrogens (tertiary/aromatic N) is 4. The van der Waals surface area contributed by atoms with Crippen LogP contribution in [0.5, 0.6) is 0 Å². The maximum Gasteiger partial charge on any atom is 0.324 e. The maximum absolute atomic E-state index is 13.2. The van der Waals surface area contributed by atoms with Crippen LogP contribution in [-0.2, 0) is 17.3 Å². The van der Waals surface area contributed by atoms with Crippen LogP contribution >= 0.6 is 0 Å². The van der Waals surface area contributed by atoms with Crippen molar-refractivity contribution in [1.29, 1.82) is 0 Å². The molecule has 3 aromatic rings. The van der Waals surface area contributed by atoms with E-state index in [0.717, 1.165) is 11.3 Å². The third-order valence-corrected chi connectivity index (χ3v) is 6.19. The van der Waals surface area contributed by atoms with Gasteiger partial charge >= 0.3 is 12.5 Å². The van der Waals surface area contributed by atoms with Gasteiger partial charge in [-0.15, -0.1) is 10.2 Å².